The predicted octanol–water partition coefficient (Wildman–Crippen LogP) is 3.05. The number of hydrogen-bond acceptors (Lipinski definition) is 9. The predicted molar refractivity (Wildman–Crippen MR) is 133 cm³/mol. The van der Waals surface area contributed by atoms with Crippen molar-refractivity contribution in [1.29, 1.82) is 0 Å². The van der Waals surface area contributed by atoms with Gasteiger partial charge >= 0.3 is 12.0 Å². The quantitative estimate of drug-likeness (QED) is 0.424. The average molecular weight is 469 g/mol. The van der Waals surface area contributed by atoms with Crippen LogP contribution in [0.25, 0.3) is 0 Å². The van der Waals surface area contributed by atoms with Crippen LogP contribution in [0, 0.1) is 5.92 Å². The maximum absolute atomic E-state index is 11.8. The zero-order valence-electron chi connectivity index (χ0n) is 20.3. The molecule has 2 aromatic rings. The van der Waals surface area contributed by atoms with Gasteiger partial charge in [0.15, 0.2) is 11.6 Å². The number of esters is 1. The first-order chi connectivity index (χ1) is 16.6. The van der Waals surface area contributed by atoms with Crippen molar-refractivity contribution in [2.45, 2.75) is 45.7 Å². The molecule has 0 unspecified atom stereocenters. The van der Waals surface area contributed by atoms with E-state index in [-0.39, 0.29) is 11.9 Å². The summed E-state index contributed by atoms with van der Waals surface area (Å²) in [5.74, 6) is 1.16. The fraction of sp³-hybridized carbons (Fsp3) is 0.560. The van der Waals surface area contributed by atoms with Crippen molar-refractivity contribution in [3.63, 3.8) is 0 Å². The van der Waals surface area contributed by atoms with Gasteiger partial charge in [0.25, 0.3) is 0 Å². The molecule has 2 aliphatic rings. The van der Waals surface area contributed by atoms with E-state index in [9.17, 15) is 4.79 Å². The molecule has 0 amide bonds. The molecule has 3 N–H and O–H groups in total. The number of hydrogen-bond donors (Lipinski definition) is 2. The molecule has 1 saturated heterocycles. The second kappa shape index (κ2) is 11.4. The summed E-state index contributed by atoms with van der Waals surface area (Å²) in [6, 6.07) is 9.03. The van der Waals surface area contributed by atoms with Crippen LogP contribution in [0.1, 0.15) is 43.7 Å². The molecule has 34 heavy (non-hydrogen) atoms. The van der Waals surface area contributed by atoms with Crippen molar-refractivity contribution >= 4 is 23.3 Å². The summed E-state index contributed by atoms with van der Waals surface area (Å²) in [5.41, 5.74) is 9.49. The lowest BCUT2D eigenvalue weighted by molar-refractivity contribution is -0.147. The third-order valence-electron chi connectivity index (χ3n) is 6.50. The summed E-state index contributed by atoms with van der Waals surface area (Å²) < 4.78 is 10.6. The highest BCUT2D eigenvalue weighted by Gasteiger charge is 2.26. The van der Waals surface area contributed by atoms with E-state index in [1.807, 2.05) is 0 Å². The first kappa shape index (κ1) is 24.1. The molecule has 9 nitrogen and oxygen atoms in total. The van der Waals surface area contributed by atoms with Crippen molar-refractivity contribution in [3.8, 4) is 6.01 Å². The van der Waals surface area contributed by atoms with E-state index in [2.05, 4.69) is 56.3 Å². The molecule has 2 aliphatic heterocycles. The Hall–Kier alpha value is -3.07. The number of piperidine rings is 1. The smallest absolute Gasteiger partial charge is 0.320 e. The molecule has 184 valence electrons. The fourth-order valence-electron chi connectivity index (χ4n) is 4.59. The van der Waals surface area contributed by atoms with E-state index in [4.69, 9.17) is 15.2 Å². The van der Waals surface area contributed by atoms with Gasteiger partial charge in [0.05, 0.1) is 19.6 Å². The lowest BCUT2D eigenvalue weighted by Gasteiger charge is -2.32. The summed E-state index contributed by atoms with van der Waals surface area (Å²) in [6.07, 6.45) is 3.71. The second-order valence-electron chi connectivity index (χ2n) is 9.03. The lowest BCUT2D eigenvalue weighted by atomic mass is 9.96. The van der Waals surface area contributed by atoms with Crippen LogP contribution < -0.4 is 20.7 Å². The molecule has 1 aromatic heterocycles. The van der Waals surface area contributed by atoms with Gasteiger partial charge in [0, 0.05) is 26.2 Å². The van der Waals surface area contributed by atoms with E-state index in [0.717, 1.165) is 76.5 Å². The molecule has 3 heterocycles. The van der Waals surface area contributed by atoms with Gasteiger partial charge in [-0.2, -0.15) is 9.97 Å². The van der Waals surface area contributed by atoms with E-state index in [1.165, 1.54) is 18.2 Å². The number of ether oxygens (including phenoxy) is 2. The Morgan fingerprint density at radius 3 is 2.68 bits per heavy atom. The second-order valence-corrected chi connectivity index (χ2v) is 9.03. The molecule has 1 aromatic carbocycles. The van der Waals surface area contributed by atoms with Crippen LogP contribution in [-0.4, -0.2) is 60.7 Å². The third-order valence-corrected chi connectivity index (χ3v) is 6.50. The minimum atomic E-state index is -0.0821. The monoisotopic (exact) mass is 468 g/mol. The number of likely N-dealkylation sites (tertiary alicyclic amines) is 1. The average Bonchev–Trinajstić information content (AvgIpc) is 2.85. The van der Waals surface area contributed by atoms with E-state index >= 15 is 0 Å². The van der Waals surface area contributed by atoms with Gasteiger partial charge in [-0.15, -0.1) is 0 Å². The molecular weight excluding hydrogens is 432 g/mol. The van der Waals surface area contributed by atoms with Gasteiger partial charge in [0.2, 0.25) is 0 Å². The lowest BCUT2D eigenvalue weighted by Crippen LogP contribution is -2.36. The van der Waals surface area contributed by atoms with Crippen molar-refractivity contribution in [2.75, 3.05) is 55.8 Å². The van der Waals surface area contributed by atoms with Crippen LogP contribution >= 0.6 is 0 Å². The Morgan fingerprint density at radius 2 is 1.94 bits per heavy atom. The normalized spacial score (nSPS) is 16.6. The zero-order valence-corrected chi connectivity index (χ0v) is 20.3. The largest absolute Gasteiger partial charge is 0.469 e. The molecule has 0 aliphatic carbocycles. The van der Waals surface area contributed by atoms with Gasteiger partial charge in [-0.1, -0.05) is 37.6 Å². The summed E-state index contributed by atoms with van der Waals surface area (Å²) >= 11 is 0. The van der Waals surface area contributed by atoms with Crippen molar-refractivity contribution in [3.05, 3.63) is 35.4 Å². The summed E-state index contributed by atoms with van der Waals surface area (Å²) in [4.78, 5) is 25.4. The minimum Gasteiger partial charge on any atom is -0.469 e. The van der Waals surface area contributed by atoms with E-state index in [1.54, 1.807) is 0 Å². The molecule has 9 heteroatoms. The minimum absolute atomic E-state index is 0.0330. The molecule has 0 bridgehead atoms. The van der Waals surface area contributed by atoms with Crippen molar-refractivity contribution < 1.29 is 14.3 Å². The number of nitrogen functional groups attached to an aromatic ring is 1. The Bertz CT molecular complexity index is 977. The van der Waals surface area contributed by atoms with Crippen LogP contribution in [0.3, 0.4) is 0 Å². The summed E-state index contributed by atoms with van der Waals surface area (Å²) in [5, 5.41) is 3.34. The highest BCUT2D eigenvalue weighted by molar-refractivity contribution is 5.78. The topological polar surface area (TPSA) is 106 Å². The number of methoxy groups -OCH3 is 1. The van der Waals surface area contributed by atoms with E-state index < -0.39 is 0 Å². The van der Waals surface area contributed by atoms with Crippen LogP contribution in [0.4, 0.5) is 17.3 Å². The number of nitrogens with one attached hydrogen (secondary N) is 1. The highest BCUT2D eigenvalue weighted by atomic mass is 16.5. The Balaban J connectivity index is 1.41. The molecule has 0 radical (unpaired) electrons. The van der Waals surface area contributed by atoms with Gasteiger partial charge in [-0.05, 0) is 43.5 Å². The molecule has 1 fully saturated rings. The first-order valence-electron chi connectivity index (χ1n) is 12.2. The summed E-state index contributed by atoms with van der Waals surface area (Å²) in [6.45, 7) is 7.74. The van der Waals surface area contributed by atoms with Gasteiger partial charge in [-0.3, -0.25) is 9.69 Å². The number of aromatic nitrogens is 2. The van der Waals surface area contributed by atoms with Crippen molar-refractivity contribution in [2.24, 2.45) is 5.92 Å². The summed E-state index contributed by atoms with van der Waals surface area (Å²) in [7, 11) is 1.47. The van der Waals surface area contributed by atoms with Crippen LogP contribution in [0.2, 0.25) is 0 Å². The number of fused-ring (bicyclic) bond motifs is 1. The number of carbonyl (C=O) groups excluding carboxylic acids is 1. The number of benzene rings is 1. The maximum Gasteiger partial charge on any atom is 0.320 e. The van der Waals surface area contributed by atoms with Gasteiger partial charge < -0.3 is 25.4 Å². The zero-order chi connectivity index (χ0) is 23.9. The number of anilines is 3. The molecule has 4 rings (SSSR count). The van der Waals surface area contributed by atoms with Crippen molar-refractivity contribution in [1.82, 2.24) is 14.9 Å². The molecule has 0 atom stereocenters. The Labute approximate surface area is 201 Å². The van der Waals surface area contributed by atoms with Gasteiger partial charge in [0.1, 0.15) is 5.69 Å². The number of carbonyl (C=O) groups is 1. The number of unbranched alkanes of at least 4 members (excludes halogenated alkanes) is 1. The number of nitrogens with zero attached hydrogens (tertiary/aromatic N) is 4. The standard InChI is InChI=1S/C25H36N6O3/c1-3-4-14-34-25-28-22(26)21-23(29-25)31(13-10-27-21)17-19-7-5-6-18(15-19)16-30-11-8-20(9-12-30)24(32)33-2/h5-7,15,20,27H,3-4,8-14,16-17H2,1-2H3,(H2,26,28,29). The highest BCUT2D eigenvalue weighted by Crippen LogP contribution is 2.34. The SMILES string of the molecule is CCCCOc1nc(N)c2c(n1)N(Cc1cccc(CN3CCC(C(=O)OC)CC3)c1)CCN2. The third kappa shape index (κ3) is 5.88. The number of rotatable bonds is 9. The van der Waals surface area contributed by atoms with Gasteiger partial charge in [-0.25, -0.2) is 0 Å². The van der Waals surface area contributed by atoms with Crippen LogP contribution in [0.15, 0.2) is 24.3 Å². The van der Waals surface area contributed by atoms with Crippen LogP contribution in [0.5, 0.6) is 6.01 Å². The number of nitrogens with two attached hydrogens (primary N) is 1. The van der Waals surface area contributed by atoms with E-state index in [0.29, 0.717) is 18.4 Å². The Morgan fingerprint density at radius 1 is 1.18 bits per heavy atom. The molecular formula is C25H36N6O3. The fourth-order valence-corrected chi connectivity index (χ4v) is 4.59. The molecule has 0 saturated carbocycles. The van der Waals surface area contributed by atoms with Crippen LogP contribution in [-0.2, 0) is 22.6 Å². The Kier molecular flexibility index (Phi) is 8.05. The molecule has 0 spiro atoms. The first-order valence-corrected chi connectivity index (χ1v) is 12.2. The maximum atomic E-state index is 11.8.